The minimum absolute atomic E-state index is 0. The monoisotopic (exact) mass is 316 g/mol. The first-order valence-corrected chi connectivity index (χ1v) is 6.56. The third-order valence-electron chi connectivity index (χ3n) is 3.11. The average Bonchev–Trinajstić information content (AvgIpc) is 2.46. The van der Waals surface area contributed by atoms with Gasteiger partial charge in [0.1, 0.15) is 19.3 Å². The Labute approximate surface area is 130 Å². The Morgan fingerprint density at radius 1 is 1.38 bits per heavy atom. The maximum absolute atomic E-state index is 11.8. The van der Waals surface area contributed by atoms with Crippen molar-refractivity contribution in [3.63, 3.8) is 0 Å². The quantitative estimate of drug-likeness (QED) is 0.848. The lowest BCUT2D eigenvalue weighted by molar-refractivity contribution is -0.124. The van der Waals surface area contributed by atoms with Gasteiger partial charge in [0.05, 0.1) is 12.6 Å². The summed E-state index contributed by atoms with van der Waals surface area (Å²) < 4.78 is 15.8. The van der Waals surface area contributed by atoms with Gasteiger partial charge < -0.3 is 25.3 Å². The van der Waals surface area contributed by atoms with Gasteiger partial charge in [-0.15, -0.1) is 12.4 Å². The lowest BCUT2D eigenvalue weighted by Crippen LogP contribution is -2.44. The second kappa shape index (κ2) is 8.07. The highest BCUT2D eigenvalue weighted by Gasteiger charge is 2.18. The van der Waals surface area contributed by atoms with E-state index in [1.165, 1.54) is 7.11 Å². The predicted octanol–water partition coefficient (Wildman–Crippen LogP) is 1.03. The normalized spacial score (nSPS) is 15.6. The molecule has 2 unspecified atom stereocenters. The number of amides is 1. The highest BCUT2D eigenvalue weighted by Crippen LogP contribution is 2.32. The number of carbonyl (C=O) groups excluding carboxylic acids is 1. The number of benzene rings is 1. The summed E-state index contributed by atoms with van der Waals surface area (Å²) in [7, 11) is 1.51. The van der Waals surface area contributed by atoms with Crippen LogP contribution in [0.4, 0.5) is 0 Å². The van der Waals surface area contributed by atoms with Crippen LogP contribution in [0.2, 0.25) is 0 Å². The van der Waals surface area contributed by atoms with Crippen LogP contribution in [0, 0.1) is 0 Å². The molecule has 1 aliphatic rings. The molecule has 3 N–H and O–H groups in total. The van der Waals surface area contributed by atoms with Crippen LogP contribution in [-0.4, -0.2) is 38.9 Å². The summed E-state index contributed by atoms with van der Waals surface area (Å²) >= 11 is 0. The van der Waals surface area contributed by atoms with Crippen LogP contribution in [0.15, 0.2) is 18.2 Å². The zero-order valence-corrected chi connectivity index (χ0v) is 12.9. The van der Waals surface area contributed by atoms with Crippen molar-refractivity contribution in [2.24, 2.45) is 5.73 Å². The second-order valence-electron chi connectivity index (χ2n) is 4.70. The summed E-state index contributed by atoms with van der Waals surface area (Å²) in [6.07, 6.45) is 0. The molecule has 0 spiro atoms. The molecule has 0 radical (unpaired) electrons. The second-order valence-corrected chi connectivity index (χ2v) is 4.70. The Kier molecular flexibility index (Phi) is 6.74. The summed E-state index contributed by atoms with van der Waals surface area (Å²) in [5.74, 6) is 1.19. The van der Waals surface area contributed by atoms with Crippen LogP contribution < -0.4 is 20.5 Å². The molecular formula is C14H21ClN2O4. The fourth-order valence-electron chi connectivity index (χ4n) is 1.99. The highest BCUT2D eigenvalue weighted by atomic mass is 35.5. The predicted molar refractivity (Wildman–Crippen MR) is 81.1 cm³/mol. The molecule has 1 aliphatic heterocycles. The molecule has 1 aromatic rings. The number of halogens is 1. The Morgan fingerprint density at radius 3 is 2.71 bits per heavy atom. The van der Waals surface area contributed by atoms with Crippen molar-refractivity contribution in [1.29, 1.82) is 0 Å². The van der Waals surface area contributed by atoms with Crippen LogP contribution in [0.25, 0.3) is 0 Å². The molecule has 0 fully saturated rings. The van der Waals surface area contributed by atoms with Crippen molar-refractivity contribution in [3.05, 3.63) is 23.8 Å². The van der Waals surface area contributed by atoms with E-state index in [4.69, 9.17) is 19.9 Å². The summed E-state index contributed by atoms with van der Waals surface area (Å²) in [6.45, 7) is 3.18. The number of hydrogen-bond acceptors (Lipinski definition) is 5. The first-order valence-electron chi connectivity index (χ1n) is 6.56. The molecule has 0 aliphatic carbocycles. The van der Waals surface area contributed by atoms with Crippen molar-refractivity contribution >= 4 is 18.3 Å². The Morgan fingerprint density at radius 2 is 2.05 bits per heavy atom. The van der Waals surface area contributed by atoms with E-state index in [0.29, 0.717) is 19.0 Å². The number of fused-ring (bicyclic) bond motifs is 1. The average molecular weight is 317 g/mol. The number of ether oxygens (including phenoxy) is 3. The minimum Gasteiger partial charge on any atom is -0.486 e. The first kappa shape index (κ1) is 17.6. The zero-order chi connectivity index (χ0) is 14.5. The Balaban J connectivity index is 0.00000220. The van der Waals surface area contributed by atoms with E-state index >= 15 is 0 Å². The Hall–Kier alpha value is -1.50. The van der Waals surface area contributed by atoms with Crippen LogP contribution in [0.1, 0.15) is 18.5 Å². The molecule has 2 atom stereocenters. The van der Waals surface area contributed by atoms with E-state index in [0.717, 1.165) is 11.3 Å². The van der Waals surface area contributed by atoms with Crippen molar-refractivity contribution in [2.45, 2.75) is 19.0 Å². The van der Waals surface area contributed by atoms with Gasteiger partial charge in [0.2, 0.25) is 5.91 Å². The molecule has 0 bridgehead atoms. The van der Waals surface area contributed by atoms with Crippen LogP contribution in [-0.2, 0) is 9.53 Å². The molecule has 6 nitrogen and oxygen atoms in total. The molecule has 0 aromatic heterocycles. The summed E-state index contributed by atoms with van der Waals surface area (Å²) in [5.41, 5.74) is 6.62. The van der Waals surface area contributed by atoms with Crippen molar-refractivity contribution < 1.29 is 19.0 Å². The smallest absolute Gasteiger partial charge is 0.239 e. The number of methoxy groups -OCH3 is 1. The molecule has 0 saturated carbocycles. The van der Waals surface area contributed by atoms with Crippen molar-refractivity contribution in [1.82, 2.24) is 5.32 Å². The summed E-state index contributed by atoms with van der Waals surface area (Å²) in [6, 6.07) is 4.80. The molecule has 1 heterocycles. The number of rotatable bonds is 5. The maximum Gasteiger partial charge on any atom is 0.239 e. The molecule has 2 rings (SSSR count). The SMILES string of the molecule is COCC(N)C(=O)NC(C)c1ccc2c(c1)OCCO2.Cl. The van der Waals surface area contributed by atoms with Crippen molar-refractivity contribution in [3.8, 4) is 11.5 Å². The van der Waals surface area contributed by atoms with Gasteiger partial charge in [-0.2, -0.15) is 0 Å². The number of carbonyl (C=O) groups is 1. The largest absolute Gasteiger partial charge is 0.486 e. The van der Waals surface area contributed by atoms with Gasteiger partial charge in [-0.05, 0) is 24.6 Å². The number of nitrogens with one attached hydrogen (secondary N) is 1. The summed E-state index contributed by atoms with van der Waals surface area (Å²) in [4.78, 5) is 11.8. The van der Waals surface area contributed by atoms with E-state index in [1.807, 2.05) is 25.1 Å². The number of hydrogen-bond donors (Lipinski definition) is 2. The zero-order valence-electron chi connectivity index (χ0n) is 12.1. The van der Waals surface area contributed by atoms with Gasteiger partial charge >= 0.3 is 0 Å². The highest BCUT2D eigenvalue weighted by molar-refractivity contribution is 5.85. The lowest BCUT2D eigenvalue weighted by Gasteiger charge is -2.22. The van der Waals surface area contributed by atoms with Gasteiger partial charge in [0.15, 0.2) is 11.5 Å². The molecule has 1 amide bonds. The molecule has 21 heavy (non-hydrogen) atoms. The fourth-order valence-corrected chi connectivity index (χ4v) is 1.99. The lowest BCUT2D eigenvalue weighted by atomic mass is 10.1. The number of nitrogens with two attached hydrogens (primary N) is 1. The standard InChI is InChI=1S/C14H20N2O4.ClH/c1-9(16-14(17)11(15)8-18-2)10-3-4-12-13(7-10)20-6-5-19-12;/h3-4,7,9,11H,5-6,8,15H2,1-2H3,(H,16,17);1H. The van der Waals surface area contributed by atoms with E-state index in [1.54, 1.807) is 0 Å². The fraction of sp³-hybridized carbons (Fsp3) is 0.500. The molecule has 7 heteroatoms. The van der Waals surface area contributed by atoms with E-state index < -0.39 is 6.04 Å². The van der Waals surface area contributed by atoms with Gasteiger partial charge in [-0.3, -0.25) is 4.79 Å². The van der Waals surface area contributed by atoms with E-state index in [2.05, 4.69) is 5.32 Å². The van der Waals surface area contributed by atoms with E-state index in [9.17, 15) is 4.79 Å². The maximum atomic E-state index is 11.8. The molecule has 0 saturated heterocycles. The molecule has 1 aromatic carbocycles. The van der Waals surface area contributed by atoms with Gasteiger partial charge in [-0.1, -0.05) is 6.07 Å². The minimum atomic E-state index is -0.667. The van der Waals surface area contributed by atoms with Gasteiger partial charge in [0.25, 0.3) is 0 Å². The first-order chi connectivity index (χ1) is 9.61. The van der Waals surface area contributed by atoms with Crippen LogP contribution in [0.3, 0.4) is 0 Å². The van der Waals surface area contributed by atoms with Crippen LogP contribution in [0.5, 0.6) is 11.5 Å². The topological polar surface area (TPSA) is 82.8 Å². The third kappa shape index (κ3) is 4.49. The molecular weight excluding hydrogens is 296 g/mol. The van der Waals surface area contributed by atoms with E-state index in [-0.39, 0.29) is 31.0 Å². The van der Waals surface area contributed by atoms with Gasteiger partial charge in [-0.25, -0.2) is 0 Å². The van der Waals surface area contributed by atoms with Crippen LogP contribution >= 0.6 is 12.4 Å². The summed E-state index contributed by atoms with van der Waals surface area (Å²) in [5, 5.41) is 2.85. The third-order valence-corrected chi connectivity index (χ3v) is 3.11. The van der Waals surface area contributed by atoms with Gasteiger partial charge in [0, 0.05) is 7.11 Å². The Bertz CT molecular complexity index is 484. The van der Waals surface area contributed by atoms with Crippen molar-refractivity contribution in [2.75, 3.05) is 26.9 Å². The molecule has 118 valence electrons.